The Morgan fingerprint density at radius 1 is 1.43 bits per heavy atom. The minimum atomic E-state index is -0.365. The van der Waals surface area contributed by atoms with Gasteiger partial charge in [0.25, 0.3) is 5.91 Å². The Balaban J connectivity index is 2.36. The van der Waals surface area contributed by atoms with Gasteiger partial charge in [-0.1, -0.05) is 0 Å². The second-order valence-electron chi connectivity index (χ2n) is 4.48. The first-order valence-corrected chi connectivity index (χ1v) is 7.61. The van der Waals surface area contributed by atoms with Gasteiger partial charge in [-0.15, -0.1) is 0 Å². The monoisotopic (exact) mass is 377 g/mol. The Morgan fingerprint density at radius 3 is 2.83 bits per heavy atom. The molecule has 1 heterocycles. The molecule has 2 aromatic rings. The van der Waals surface area contributed by atoms with Crippen molar-refractivity contribution in [2.24, 2.45) is 4.99 Å². The van der Waals surface area contributed by atoms with Crippen molar-refractivity contribution in [2.45, 2.75) is 6.92 Å². The maximum atomic E-state index is 12.5. The van der Waals surface area contributed by atoms with Gasteiger partial charge in [-0.05, 0) is 28.9 Å². The van der Waals surface area contributed by atoms with E-state index in [1.54, 1.807) is 25.4 Å². The van der Waals surface area contributed by atoms with Gasteiger partial charge in [0.2, 0.25) is 0 Å². The van der Waals surface area contributed by atoms with Gasteiger partial charge >= 0.3 is 0 Å². The van der Waals surface area contributed by atoms with Crippen molar-refractivity contribution in [3.05, 3.63) is 40.3 Å². The lowest BCUT2D eigenvalue weighted by atomic mass is 10.1. The third-order valence-corrected chi connectivity index (χ3v) is 3.27. The van der Waals surface area contributed by atoms with Crippen molar-refractivity contribution in [1.82, 2.24) is 9.97 Å². The Hall–Kier alpha value is -2.48. The lowest BCUT2D eigenvalue weighted by Gasteiger charge is -2.13. The Bertz CT molecular complexity index is 731. The van der Waals surface area contributed by atoms with E-state index in [2.05, 4.69) is 36.2 Å². The highest BCUT2D eigenvalue weighted by molar-refractivity contribution is 9.10. The van der Waals surface area contributed by atoms with E-state index < -0.39 is 0 Å². The van der Waals surface area contributed by atoms with E-state index >= 15 is 0 Å². The van der Waals surface area contributed by atoms with Crippen LogP contribution in [0.1, 0.15) is 22.8 Å². The van der Waals surface area contributed by atoms with Gasteiger partial charge in [0, 0.05) is 30.6 Å². The zero-order valence-corrected chi connectivity index (χ0v) is 14.3. The molecule has 1 aromatic carbocycles. The van der Waals surface area contributed by atoms with Gasteiger partial charge in [-0.2, -0.15) is 0 Å². The van der Waals surface area contributed by atoms with Gasteiger partial charge < -0.3 is 15.8 Å². The van der Waals surface area contributed by atoms with Crippen molar-refractivity contribution in [3.8, 4) is 5.75 Å². The summed E-state index contributed by atoms with van der Waals surface area (Å²) < 4.78 is 6.08. The molecule has 0 saturated carbocycles. The number of carbonyl (C=O) groups excluding carboxylic acids is 1. The fraction of sp³-hybridized carbons (Fsp3) is 0.200. The summed E-state index contributed by atoms with van der Waals surface area (Å²) in [6.45, 7) is 2.25. The van der Waals surface area contributed by atoms with Gasteiger partial charge in [0.1, 0.15) is 10.4 Å². The van der Waals surface area contributed by atoms with Gasteiger partial charge in [0.05, 0.1) is 24.6 Å². The summed E-state index contributed by atoms with van der Waals surface area (Å²) in [7, 11) is 1.63. The lowest BCUT2D eigenvalue weighted by molar-refractivity contribution is 0.102. The molecule has 0 radical (unpaired) electrons. The van der Waals surface area contributed by atoms with Crippen LogP contribution in [0.5, 0.6) is 5.75 Å². The van der Waals surface area contributed by atoms with Crippen molar-refractivity contribution < 1.29 is 9.53 Å². The summed E-state index contributed by atoms with van der Waals surface area (Å²) in [5, 5.41) is 2.67. The number of amides is 1. The predicted molar refractivity (Wildman–Crippen MR) is 93.2 cm³/mol. The van der Waals surface area contributed by atoms with Crippen molar-refractivity contribution in [1.29, 1.82) is 0 Å². The molecule has 23 heavy (non-hydrogen) atoms. The Labute approximate surface area is 142 Å². The number of benzene rings is 1. The molecule has 3 N–H and O–H groups in total. The van der Waals surface area contributed by atoms with E-state index in [1.165, 1.54) is 12.4 Å². The number of aromatic nitrogens is 2. The average molecular weight is 378 g/mol. The van der Waals surface area contributed by atoms with E-state index in [1.807, 2.05) is 6.92 Å². The number of hydrogen-bond donors (Lipinski definition) is 2. The van der Waals surface area contributed by atoms with Crippen LogP contribution in [0.3, 0.4) is 0 Å². The van der Waals surface area contributed by atoms with Crippen LogP contribution in [0.4, 0.5) is 11.5 Å². The number of rotatable bonds is 5. The molecule has 1 aromatic heterocycles. The first kappa shape index (κ1) is 16.9. The first-order chi connectivity index (χ1) is 11.0. The average Bonchev–Trinajstić information content (AvgIpc) is 2.52. The molecular weight excluding hydrogens is 362 g/mol. The molecule has 0 aliphatic heterocycles. The fourth-order valence-corrected chi connectivity index (χ4v) is 2.08. The van der Waals surface area contributed by atoms with Crippen LogP contribution in [-0.2, 0) is 0 Å². The van der Waals surface area contributed by atoms with E-state index in [4.69, 9.17) is 10.5 Å². The number of anilines is 2. The van der Waals surface area contributed by atoms with Crippen LogP contribution in [0, 0.1) is 0 Å². The minimum Gasteiger partial charge on any atom is -0.493 e. The molecule has 0 fully saturated rings. The number of nitrogens with two attached hydrogens (primary N) is 1. The van der Waals surface area contributed by atoms with Gasteiger partial charge in [0.15, 0.2) is 5.82 Å². The van der Waals surface area contributed by atoms with Crippen molar-refractivity contribution >= 4 is 39.6 Å². The molecule has 120 valence electrons. The van der Waals surface area contributed by atoms with Crippen molar-refractivity contribution in [2.75, 3.05) is 24.7 Å². The first-order valence-electron chi connectivity index (χ1n) is 6.82. The molecule has 0 aliphatic carbocycles. The second kappa shape index (κ2) is 7.68. The van der Waals surface area contributed by atoms with E-state index in [-0.39, 0.29) is 5.91 Å². The smallest absolute Gasteiger partial charge is 0.260 e. The van der Waals surface area contributed by atoms with Crippen LogP contribution in [-0.4, -0.2) is 35.7 Å². The normalized spacial score (nSPS) is 10.7. The quantitative estimate of drug-likeness (QED) is 0.615. The molecule has 0 bridgehead atoms. The largest absolute Gasteiger partial charge is 0.493 e. The summed E-state index contributed by atoms with van der Waals surface area (Å²) in [5.41, 5.74) is 7.42. The van der Waals surface area contributed by atoms with Gasteiger partial charge in [-0.3, -0.25) is 9.79 Å². The molecule has 0 spiro atoms. The molecule has 1 amide bonds. The summed E-state index contributed by atoms with van der Waals surface area (Å²) in [6.07, 6.45) is 4.53. The van der Waals surface area contributed by atoms with Gasteiger partial charge in [-0.25, -0.2) is 9.97 Å². The number of hydrogen-bond acceptors (Lipinski definition) is 6. The topological polar surface area (TPSA) is 102 Å². The molecule has 0 atom stereocenters. The fourth-order valence-electron chi connectivity index (χ4n) is 1.88. The highest BCUT2D eigenvalue weighted by Crippen LogP contribution is 2.26. The second-order valence-corrected chi connectivity index (χ2v) is 5.29. The van der Waals surface area contributed by atoms with Crippen molar-refractivity contribution in [3.63, 3.8) is 0 Å². The Morgan fingerprint density at radius 2 is 2.22 bits per heavy atom. The standard InChI is InChI=1S/C15H16BrN5O2/c1-3-23-12-5-11(17)9(6-18-2)4-10(12)15(22)21-14-8-19-13(16)7-20-14/h4-8H,3,17H2,1-2H3,(H,20,21,22). The third kappa shape index (κ3) is 4.26. The maximum Gasteiger partial charge on any atom is 0.260 e. The number of nitrogens with one attached hydrogen (secondary N) is 1. The maximum absolute atomic E-state index is 12.5. The van der Waals surface area contributed by atoms with Crippen LogP contribution >= 0.6 is 15.9 Å². The predicted octanol–water partition coefficient (Wildman–Crippen LogP) is 2.52. The van der Waals surface area contributed by atoms with Crippen LogP contribution in [0.2, 0.25) is 0 Å². The molecule has 2 rings (SSSR count). The zero-order valence-electron chi connectivity index (χ0n) is 12.7. The molecule has 0 saturated heterocycles. The summed E-state index contributed by atoms with van der Waals surface area (Å²) in [4.78, 5) is 24.5. The SMILES string of the molecule is CCOc1cc(N)c(C=NC)cc1C(=O)Nc1cnc(Br)cn1. The molecular formula is C15H16BrN5O2. The van der Waals surface area contributed by atoms with Crippen LogP contribution < -0.4 is 15.8 Å². The number of nitrogen functional groups attached to an aromatic ring is 1. The van der Waals surface area contributed by atoms with E-state index in [9.17, 15) is 4.79 Å². The highest BCUT2D eigenvalue weighted by atomic mass is 79.9. The number of carbonyl (C=O) groups is 1. The lowest BCUT2D eigenvalue weighted by Crippen LogP contribution is -2.16. The third-order valence-electron chi connectivity index (χ3n) is 2.86. The highest BCUT2D eigenvalue weighted by Gasteiger charge is 2.16. The van der Waals surface area contributed by atoms with Crippen LogP contribution in [0.25, 0.3) is 0 Å². The number of ether oxygens (including phenoxy) is 1. The number of nitrogens with zero attached hydrogens (tertiary/aromatic N) is 3. The van der Waals surface area contributed by atoms with E-state index in [0.717, 1.165) is 0 Å². The summed E-state index contributed by atoms with van der Waals surface area (Å²) in [5.74, 6) is 0.375. The Kier molecular flexibility index (Phi) is 5.64. The summed E-state index contributed by atoms with van der Waals surface area (Å²) >= 11 is 3.19. The van der Waals surface area contributed by atoms with E-state index in [0.29, 0.717) is 39.6 Å². The summed E-state index contributed by atoms with van der Waals surface area (Å²) in [6, 6.07) is 3.25. The number of aliphatic imine (C=N–C) groups is 1. The zero-order chi connectivity index (χ0) is 16.8. The minimum absolute atomic E-state index is 0.336. The molecule has 7 nitrogen and oxygen atoms in total. The van der Waals surface area contributed by atoms with Crippen LogP contribution in [0.15, 0.2) is 34.1 Å². The molecule has 8 heteroatoms. The molecule has 0 unspecified atom stereocenters. The molecule has 0 aliphatic rings. The number of halogens is 1.